The summed E-state index contributed by atoms with van der Waals surface area (Å²) in [5, 5.41) is 4.28. The number of aromatic nitrogens is 2. The predicted octanol–water partition coefficient (Wildman–Crippen LogP) is 2.33. The molecule has 0 saturated heterocycles. The molecule has 0 bridgehead atoms. The summed E-state index contributed by atoms with van der Waals surface area (Å²) in [7, 11) is 1.89. The van der Waals surface area contributed by atoms with Crippen molar-refractivity contribution in [3.63, 3.8) is 0 Å². The minimum absolute atomic E-state index is 0.0377. The van der Waals surface area contributed by atoms with Gasteiger partial charge in [-0.2, -0.15) is 5.10 Å². The Kier molecular flexibility index (Phi) is 3.67. The Balaban J connectivity index is 2.15. The standard InChI is InChI=1S/C14H19N3O/c1-10-4-5-13(11(2)15)14(8-10)18-9-12-6-7-17(3)16-12/h4-8,11H,9,15H2,1-3H3/t11-/m1/s1. The number of benzene rings is 1. The van der Waals surface area contributed by atoms with Crippen LogP contribution in [0.15, 0.2) is 30.5 Å². The average molecular weight is 245 g/mol. The summed E-state index contributed by atoms with van der Waals surface area (Å²) in [6, 6.07) is 7.99. The third-order valence-corrected chi connectivity index (χ3v) is 2.80. The molecule has 1 heterocycles. The highest BCUT2D eigenvalue weighted by atomic mass is 16.5. The van der Waals surface area contributed by atoms with Crippen molar-refractivity contribution in [2.75, 3.05) is 0 Å². The number of ether oxygens (including phenoxy) is 1. The van der Waals surface area contributed by atoms with Crippen molar-refractivity contribution in [1.82, 2.24) is 9.78 Å². The fourth-order valence-corrected chi connectivity index (χ4v) is 1.83. The van der Waals surface area contributed by atoms with Crippen molar-refractivity contribution < 1.29 is 4.74 Å². The van der Waals surface area contributed by atoms with Crippen LogP contribution in [0.2, 0.25) is 0 Å². The first kappa shape index (κ1) is 12.6. The number of hydrogen-bond donors (Lipinski definition) is 1. The fraction of sp³-hybridized carbons (Fsp3) is 0.357. The predicted molar refractivity (Wildman–Crippen MR) is 71.3 cm³/mol. The summed E-state index contributed by atoms with van der Waals surface area (Å²) >= 11 is 0. The summed E-state index contributed by atoms with van der Waals surface area (Å²) in [6.45, 7) is 4.46. The highest BCUT2D eigenvalue weighted by Gasteiger charge is 2.09. The zero-order valence-electron chi connectivity index (χ0n) is 11.1. The molecule has 0 saturated carbocycles. The summed E-state index contributed by atoms with van der Waals surface area (Å²) < 4.78 is 7.59. The van der Waals surface area contributed by atoms with Gasteiger partial charge in [0.2, 0.25) is 0 Å². The molecule has 0 unspecified atom stereocenters. The zero-order valence-corrected chi connectivity index (χ0v) is 11.1. The van der Waals surface area contributed by atoms with Gasteiger partial charge in [-0.05, 0) is 31.5 Å². The van der Waals surface area contributed by atoms with Crippen LogP contribution in [-0.2, 0) is 13.7 Å². The maximum absolute atomic E-state index is 5.94. The molecule has 2 N–H and O–H groups in total. The van der Waals surface area contributed by atoms with Gasteiger partial charge in [0, 0.05) is 24.8 Å². The van der Waals surface area contributed by atoms with Crippen LogP contribution in [0.25, 0.3) is 0 Å². The van der Waals surface area contributed by atoms with Crippen molar-refractivity contribution in [2.45, 2.75) is 26.5 Å². The lowest BCUT2D eigenvalue weighted by Gasteiger charge is -2.14. The summed E-state index contributed by atoms with van der Waals surface area (Å²) in [5.74, 6) is 0.843. The molecule has 0 fully saturated rings. The first-order chi connectivity index (χ1) is 8.56. The fourth-order valence-electron chi connectivity index (χ4n) is 1.83. The van der Waals surface area contributed by atoms with E-state index < -0.39 is 0 Å². The molecule has 1 aromatic carbocycles. The van der Waals surface area contributed by atoms with E-state index in [1.54, 1.807) is 4.68 Å². The second-order valence-electron chi connectivity index (χ2n) is 4.60. The third kappa shape index (κ3) is 2.90. The normalized spacial score (nSPS) is 12.4. The highest BCUT2D eigenvalue weighted by Crippen LogP contribution is 2.25. The number of nitrogens with two attached hydrogens (primary N) is 1. The Morgan fingerprint density at radius 2 is 2.17 bits per heavy atom. The van der Waals surface area contributed by atoms with Gasteiger partial charge in [0.05, 0.1) is 5.69 Å². The molecular weight excluding hydrogens is 226 g/mol. The molecule has 4 heteroatoms. The average Bonchev–Trinajstić information content (AvgIpc) is 2.72. The molecule has 18 heavy (non-hydrogen) atoms. The maximum atomic E-state index is 5.94. The molecule has 2 aromatic rings. The van der Waals surface area contributed by atoms with E-state index in [1.807, 2.05) is 51.4 Å². The minimum atomic E-state index is -0.0377. The summed E-state index contributed by atoms with van der Waals surface area (Å²) in [6.07, 6.45) is 1.90. The first-order valence-electron chi connectivity index (χ1n) is 6.03. The molecule has 0 aliphatic heterocycles. The van der Waals surface area contributed by atoms with Crippen LogP contribution in [0.4, 0.5) is 0 Å². The third-order valence-electron chi connectivity index (χ3n) is 2.80. The maximum Gasteiger partial charge on any atom is 0.132 e. The molecule has 4 nitrogen and oxygen atoms in total. The van der Waals surface area contributed by atoms with Gasteiger partial charge in [-0.15, -0.1) is 0 Å². The summed E-state index contributed by atoms with van der Waals surface area (Å²) in [5.41, 5.74) is 9.04. The molecule has 1 aromatic heterocycles. The lowest BCUT2D eigenvalue weighted by molar-refractivity contribution is 0.295. The SMILES string of the molecule is Cc1ccc([C@@H](C)N)c(OCc2ccn(C)n2)c1. The highest BCUT2D eigenvalue weighted by molar-refractivity contribution is 5.39. The van der Waals surface area contributed by atoms with Gasteiger partial charge >= 0.3 is 0 Å². The first-order valence-corrected chi connectivity index (χ1v) is 6.03. The second-order valence-corrected chi connectivity index (χ2v) is 4.60. The number of aryl methyl sites for hydroxylation is 2. The van der Waals surface area contributed by atoms with E-state index in [-0.39, 0.29) is 6.04 Å². The number of hydrogen-bond acceptors (Lipinski definition) is 3. The van der Waals surface area contributed by atoms with E-state index in [9.17, 15) is 0 Å². The Labute approximate surface area is 107 Å². The van der Waals surface area contributed by atoms with Gasteiger partial charge in [0.15, 0.2) is 0 Å². The van der Waals surface area contributed by atoms with Gasteiger partial charge in [-0.25, -0.2) is 0 Å². The second kappa shape index (κ2) is 5.23. The van der Waals surface area contributed by atoms with E-state index in [4.69, 9.17) is 10.5 Å². The van der Waals surface area contributed by atoms with E-state index in [0.29, 0.717) is 6.61 Å². The van der Waals surface area contributed by atoms with E-state index in [0.717, 1.165) is 22.6 Å². The smallest absolute Gasteiger partial charge is 0.132 e. The van der Waals surface area contributed by atoms with E-state index >= 15 is 0 Å². The van der Waals surface area contributed by atoms with Crippen molar-refractivity contribution in [3.8, 4) is 5.75 Å². The molecule has 2 rings (SSSR count). The van der Waals surface area contributed by atoms with Crippen LogP contribution in [0, 0.1) is 6.92 Å². The molecule has 0 amide bonds. The molecule has 0 radical (unpaired) electrons. The quantitative estimate of drug-likeness (QED) is 0.899. The zero-order chi connectivity index (χ0) is 13.1. The van der Waals surface area contributed by atoms with Gasteiger partial charge in [-0.3, -0.25) is 4.68 Å². The van der Waals surface area contributed by atoms with Crippen LogP contribution in [0.5, 0.6) is 5.75 Å². The van der Waals surface area contributed by atoms with Gasteiger partial charge in [0.25, 0.3) is 0 Å². The molecular formula is C14H19N3O. The topological polar surface area (TPSA) is 53.1 Å². The van der Waals surface area contributed by atoms with Gasteiger partial charge in [0.1, 0.15) is 12.4 Å². The largest absolute Gasteiger partial charge is 0.487 e. The van der Waals surface area contributed by atoms with Crippen molar-refractivity contribution in [2.24, 2.45) is 12.8 Å². The molecule has 96 valence electrons. The van der Waals surface area contributed by atoms with Crippen molar-refractivity contribution in [1.29, 1.82) is 0 Å². The Hall–Kier alpha value is -1.81. The monoisotopic (exact) mass is 245 g/mol. The number of nitrogens with zero attached hydrogens (tertiary/aromatic N) is 2. The lowest BCUT2D eigenvalue weighted by Crippen LogP contribution is -2.08. The van der Waals surface area contributed by atoms with Crippen LogP contribution >= 0.6 is 0 Å². The van der Waals surface area contributed by atoms with Gasteiger partial charge < -0.3 is 10.5 Å². The van der Waals surface area contributed by atoms with Crippen molar-refractivity contribution >= 4 is 0 Å². The summed E-state index contributed by atoms with van der Waals surface area (Å²) in [4.78, 5) is 0. The van der Waals surface area contributed by atoms with Crippen LogP contribution in [0.1, 0.15) is 29.8 Å². The minimum Gasteiger partial charge on any atom is -0.487 e. The van der Waals surface area contributed by atoms with Crippen LogP contribution < -0.4 is 10.5 Å². The number of rotatable bonds is 4. The molecule has 1 atom stereocenters. The van der Waals surface area contributed by atoms with E-state index in [1.165, 1.54) is 0 Å². The van der Waals surface area contributed by atoms with Crippen LogP contribution in [-0.4, -0.2) is 9.78 Å². The van der Waals surface area contributed by atoms with Crippen LogP contribution in [0.3, 0.4) is 0 Å². The van der Waals surface area contributed by atoms with E-state index in [2.05, 4.69) is 5.10 Å². The van der Waals surface area contributed by atoms with Crippen molar-refractivity contribution in [3.05, 3.63) is 47.3 Å². The Morgan fingerprint density at radius 1 is 1.39 bits per heavy atom. The molecule has 0 spiro atoms. The Morgan fingerprint density at radius 3 is 2.78 bits per heavy atom. The molecule has 0 aliphatic rings. The van der Waals surface area contributed by atoms with Gasteiger partial charge in [-0.1, -0.05) is 12.1 Å². The lowest BCUT2D eigenvalue weighted by atomic mass is 10.1. The molecule has 0 aliphatic carbocycles. The Bertz CT molecular complexity index is 532.